The Morgan fingerprint density at radius 1 is 1.42 bits per heavy atom. The smallest absolute Gasteiger partial charge is 0.226 e. The van der Waals surface area contributed by atoms with Crippen molar-refractivity contribution in [2.75, 3.05) is 36.7 Å². The van der Waals surface area contributed by atoms with Crippen LogP contribution in [0.15, 0.2) is 23.6 Å². The maximum atomic E-state index is 9.29. The summed E-state index contributed by atoms with van der Waals surface area (Å²) in [4.78, 5) is 19.2. The molecule has 3 heterocycles. The zero-order chi connectivity index (χ0) is 16.9. The number of hydrogen-bond donors (Lipinski definition) is 1. The van der Waals surface area contributed by atoms with E-state index in [9.17, 15) is 5.26 Å². The first kappa shape index (κ1) is 16.3. The van der Waals surface area contributed by atoms with E-state index in [1.165, 1.54) is 11.8 Å². The van der Waals surface area contributed by atoms with Crippen LogP contribution >= 0.6 is 11.8 Å². The van der Waals surface area contributed by atoms with Gasteiger partial charge < -0.3 is 15.0 Å². The molecule has 8 nitrogen and oxygen atoms in total. The van der Waals surface area contributed by atoms with Crippen LogP contribution in [0, 0.1) is 11.3 Å². The summed E-state index contributed by atoms with van der Waals surface area (Å²) in [7, 11) is 1.57. The van der Waals surface area contributed by atoms with E-state index in [1.54, 1.807) is 25.6 Å². The monoisotopic (exact) mass is 343 g/mol. The molecule has 1 fully saturated rings. The molecule has 0 aromatic carbocycles. The largest absolute Gasteiger partial charge is 0.481 e. The molecule has 0 amide bonds. The number of aromatic nitrogens is 4. The average molecular weight is 343 g/mol. The fourth-order valence-electron chi connectivity index (χ4n) is 2.55. The lowest BCUT2D eigenvalue weighted by Gasteiger charge is -2.19. The highest BCUT2D eigenvalue weighted by atomic mass is 32.2. The van der Waals surface area contributed by atoms with Crippen LogP contribution in [0.2, 0.25) is 0 Å². The zero-order valence-corrected chi connectivity index (χ0v) is 14.2. The number of hydrogen-bond acceptors (Lipinski definition) is 9. The summed E-state index contributed by atoms with van der Waals surface area (Å²) in [6, 6.07) is 4.05. The van der Waals surface area contributed by atoms with Gasteiger partial charge in [0, 0.05) is 31.4 Å². The highest BCUT2D eigenvalue weighted by Gasteiger charge is 2.26. The van der Waals surface area contributed by atoms with Gasteiger partial charge in [0.05, 0.1) is 13.3 Å². The van der Waals surface area contributed by atoms with Crippen LogP contribution in [-0.4, -0.2) is 52.4 Å². The van der Waals surface area contributed by atoms with Gasteiger partial charge in [0.2, 0.25) is 11.8 Å². The van der Waals surface area contributed by atoms with E-state index >= 15 is 0 Å². The van der Waals surface area contributed by atoms with E-state index in [-0.39, 0.29) is 6.04 Å². The minimum absolute atomic E-state index is 0.177. The second kappa shape index (κ2) is 7.31. The Kier molecular flexibility index (Phi) is 4.96. The number of nitrogens with one attached hydrogen (secondary N) is 1. The first-order valence-corrected chi connectivity index (χ1v) is 8.65. The molecule has 1 saturated heterocycles. The highest BCUT2D eigenvalue weighted by molar-refractivity contribution is 7.98. The van der Waals surface area contributed by atoms with Crippen LogP contribution in [0.4, 0.5) is 11.8 Å². The van der Waals surface area contributed by atoms with E-state index in [0.717, 1.165) is 19.5 Å². The van der Waals surface area contributed by atoms with Crippen LogP contribution in [0.25, 0.3) is 0 Å². The summed E-state index contributed by atoms with van der Waals surface area (Å²) in [5, 5.41) is 13.3. The molecule has 1 unspecified atom stereocenters. The fourth-order valence-corrected chi connectivity index (χ4v) is 2.89. The van der Waals surface area contributed by atoms with Crippen molar-refractivity contribution in [1.82, 2.24) is 19.9 Å². The molecular formula is C15H17N7OS. The van der Waals surface area contributed by atoms with Crippen molar-refractivity contribution >= 4 is 23.5 Å². The van der Waals surface area contributed by atoms with E-state index in [4.69, 9.17) is 4.74 Å². The summed E-state index contributed by atoms with van der Waals surface area (Å²) in [5.74, 6) is 1.75. The Hall–Kier alpha value is -2.60. The molecule has 1 aliphatic heterocycles. The lowest BCUT2D eigenvalue weighted by Crippen LogP contribution is -2.28. The zero-order valence-electron chi connectivity index (χ0n) is 13.4. The van der Waals surface area contributed by atoms with Crippen molar-refractivity contribution in [1.29, 1.82) is 5.26 Å². The third-order valence-corrected chi connectivity index (χ3v) is 4.27. The SMILES string of the molecule is COc1ccnc(NC2CCN(c3nc(SC)ncc3C#N)C2)n1. The Labute approximate surface area is 144 Å². The number of ether oxygens (including phenoxy) is 1. The standard InChI is InChI=1S/C15H17N7OS/c1-23-12-3-5-17-14(20-12)19-11-4-6-22(9-11)13-10(7-16)8-18-15(21-13)24-2/h3,5,8,11H,4,6,9H2,1-2H3,(H,17,19,20). The summed E-state index contributed by atoms with van der Waals surface area (Å²) in [6.45, 7) is 1.53. The van der Waals surface area contributed by atoms with Gasteiger partial charge in [-0.15, -0.1) is 0 Å². The van der Waals surface area contributed by atoms with Crippen LogP contribution in [-0.2, 0) is 0 Å². The fraction of sp³-hybridized carbons (Fsp3) is 0.400. The maximum Gasteiger partial charge on any atom is 0.226 e. The normalized spacial score (nSPS) is 16.7. The molecule has 0 aliphatic carbocycles. The molecule has 0 radical (unpaired) electrons. The van der Waals surface area contributed by atoms with Gasteiger partial charge in [0.1, 0.15) is 11.6 Å². The summed E-state index contributed by atoms with van der Waals surface area (Å²) >= 11 is 1.46. The molecule has 1 atom stereocenters. The molecule has 124 valence electrons. The minimum Gasteiger partial charge on any atom is -0.481 e. The molecule has 2 aromatic heterocycles. The van der Waals surface area contributed by atoms with Gasteiger partial charge >= 0.3 is 0 Å². The molecular weight excluding hydrogens is 326 g/mol. The Bertz CT molecular complexity index is 764. The Balaban J connectivity index is 1.72. The second-order valence-electron chi connectivity index (χ2n) is 5.20. The lowest BCUT2D eigenvalue weighted by molar-refractivity contribution is 0.397. The molecule has 2 aromatic rings. The highest BCUT2D eigenvalue weighted by Crippen LogP contribution is 2.25. The Morgan fingerprint density at radius 3 is 3.04 bits per heavy atom. The van der Waals surface area contributed by atoms with Crippen LogP contribution in [0.3, 0.4) is 0 Å². The number of rotatable bonds is 5. The van der Waals surface area contributed by atoms with Gasteiger partial charge in [-0.1, -0.05) is 11.8 Å². The summed E-state index contributed by atoms with van der Waals surface area (Å²) < 4.78 is 5.11. The molecule has 1 aliphatic rings. The minimum atomic E-state index is 0.177. The molecule has 3 rings (SSSR count). The number of thioether (sulfide) groups is 1. The van der Waals surface area contributed by atoms with Crippen molar-refractivity contribution in [3.05, 3.63) is 24.0 Å². The van der Waals surface area contributed by atoms with E-state index < -0.39 is 0 Å². The van der Waals surface area contributed by atoms with Crippen molar-refractivity contribution in [3.63, 3.8) is 0 Å². The molecule has 0 spiro atoms. The number of methoxy groups -OCH3 is 1. The number of nitriles is 1. The Morgan fingerprint density at radius 2 is 2.29 bits per heavy atom. The molecule has 0 bridgehead atoms. The van der Waals surface area contributed by atoms with Gasteiger partial charge in [0.15, 0.2) is 11.0 Å². The third kappa shape index (κ3) is 3.49. The third-order valence-electron chi connectivity index (χ3n) is 3.71. The van der Waals surface area contributed by atoms with Crippen LogP contribution < -0.4 is 15.0 Å². The predicted molar refractivity (Wildman–Crippen MR) is 91.4 cm³/mol. The van der Waals surface area contributed by atoms with Gasteiger partial charge in [-0.2, -0.15) is 10.2 Å². The van der Waals surface area contributed by atoms with E-state index in [2.05, 4.69) is 36.2 Å². The topological polar surface area (TPSA) is 99.9 Å². The molecule has 9 heteroatoms. The summed E-state index contributed by atoms with van der Waals surface area (Å²) in [6.07, 6.45) is 6.06. The first-order chi connectivity index (χ1) is 11.7. The number of anilines is 2. The van der Waals surface area contributed by atoms with Crippen LogP contribution in [0.1, 0.15) is 12.0 Å². The van der Waals surface area contributed by atoms with Crippen LogP contribution in [0.5, 0.6) is 5.88 Å². The van der Waals surface area contributed by atoms with Crippen molar-refractivity contribution in [2.24, 2.45) is 0 Å². The quantitative estimate of drug-likeness (QED) is 0.640. The van der Waals surface area contributed by atoms with Gasteiger partial charge in [-0.25, -0.2) is 15.0 Å². The molecule has 24 heavy (non-hydrogen) atoms. The van der Waals surface area contributed by atoms with E-state index in [0.29, 0.717) is 28.4 Å². The average Bonchev–Trinajstić information content (AvgIpc) is 3.09. The predicted octanol–water partition coefficient (Wildman–Crippen LogP) is 1.56. The van der Waals surface area contributed by atoms with Crippen molar-refractivity contribution in [3.8, 4) is 11.9 Å². The van der Waals surface area contributed by atoms with Gasteiger partial charge in [-0.3, -0.25) is 0 Å². The first-order valence-electron chi connectivity index (χ1n) is 7.43. The maximum absolute atomic E-state index is 9.29. The van der Waals surface area contributed by atoms with Gasteiger partial charge in [-0.05, 0) is 12.7 Å². The number of nitrogens with zero attached hydrogens (tertiary/aromatic N) is 6. The molecule has 0 saturated carbocycles. The summed E-state index contributed by atoms with van der Waals surface area (Å²) in [5.41, 5.74) is 0.492. The molecule has 1 N–H and O–H groups in total. The second-order valence-corrected chi connectivity index (χ2v) is 5.98. The van der Waals surface area contributed by atoms with Gasteiger partial charge in [0.25, 0.3) is 0 Å². The van der Waals surface area contributed by atoms with E-state index in [1.807, 2.05) is 6.26 Å². The van der Waals surface area contributed by atoms with Crippen molar-refractivity contribution < 1.29 is 4.74 Å². The lowest BCUT2D eigenvalue weighted by atomic mass is 10.3. The van der Waals surface area contributed by atoms with Crippen molar-refractivity contribution in [2.45, 2.75) is 17.6 Å².